The van der Waals surface area contributed by atoms with Crippen molar-refractivity contribution in [3.05, 3.63) is 36.0 Å². The van der Waals surface area contributed by atoms with Crippen molar-refractivity contribution in [2.24, 2.45) is 0 Å². The first kappa shape index (κ1) is 9.77. The predicted octanol–water partition coefficient (Wildman–Crippen LogP) is 1.85. The molecule has 0 spiro atoms. The number of rotatable bonds is 3. The number of hydrogen-bond donors (Lipinski definition) is 2. The molecule has 0 saturated heterocycles. The van der Waals surface area contributed by atoms with Gasteiger partial charge < -0.3 is 10.3 Å². The molecule has 0 aliphatic carbocycles. The number of benzene rings is 1. The molecule has 0 unspecified atom stereocenters. The van der Waals surface area contributed by atoms with Crippen molar-refractivity contribution in [2.45, 2.75) is 13.3 Å². The average molecular weight is 202 g/mol. The van der Waals surface area contributed by atoms with Gasteiger partial charge in [-0.25, -0.2) is 0 Å². The Labute approximate surface area is 88.5 Å². The van der Waals surface area contributed by atoms with Crippen LogP contribution >= 0.6 is 0 Å². The maximum Gasteiger partial charge on any atom is 0.216 e. The van der Waals surface area contributed by atoms with Gasteiger partial charge in [-0.2, -0.15) is 0 Å². The largest absolute Gasteiger partial charge is 0.361 e. The van der Waals surface area contributed by atoms with E-state index >= 15 is 0 Å². The van der Waals surface area contributed by atoms with Gasteiger partial charge in [0.25, 0.3) is 0 Å². The predicted molar refractivity (Wildman–Crippen MR) is 60.7 cm³/mol. The molecule has 3 heteroatoms. The second kappa shape index (κ2) is 4.17. The molecule has 1 amide bonds. The third kappa shape index (κ3) is 2.18. The molecule has 0 atom stereocenters. The van der Waals surface area contributed by atoms with E-state index in [1.807, 2.05) is 12.3 Å². The Kier molecular flexibility index (Phi) is 2.72. The second-order valence-corrected chi connectivity index (χ2v) is 3.59. The van der Waals surface area contributed by atoms with Crippen LogP contribution < -0.4 is 5.32 Å². The average Bonchev–Trinajstić information content (AvgIpc) is 2.65. The monoisotopic (exact) mass is 202 g/mol. The lowest BCUT2D eigenvalue weighted by atomic mass is 10.1. The molecule has 1 aromatic heterocycles. The van der Waals surface area contributed by atoms with Gasteiger partial charge in [-0.3, -0.25) is 4.79 Å². The van der Waals surface area contributed by atoms with Crippen LogP contribution in [0.4, 0.5) is 0 Å². The first-order chi connectivity index (χ1) is 7.27. The van der Waals surface area contributed by atoms with Crippen LogP contribution in [0.3, 0.4) is 0 Å². The minimum atomic E-state index is 0.0219. The molecule has 15 heavy (non-hydrogen) atoms. The zero-order valence-corrected chi connectivity index (χ0v) is 8.71. The molecule has 78 valence electrons. The minimum Gasteiger partial charge on any atom is -0.361 e. The van der Waals surface area contributed by atoms with Crippen LogP contribution in [0, 0.1) is 0 Å². The van der Waals surface area contributed by atoms with Crippen LogP contribution in [-0.2, 0) is 11.2 Å². The van der Waals surface area contributed by atoms with Crippen LogP contribution in [0.5, 0.6) is 0 Å². The lowest BCUT2D eigenvalue weighted by Crippen LogP contribution is -2.22. The fraction of sp³-hybridized carbons (Fsp3) is 0.250. The van der Waals surface area contributed by atoms with Crippen molar-refractivity contribution >= 4 is 16.8 Å². The fourth-order valence-corrected chi connectivity index (χ4v) is 1.73. The third-order valence-electron chi connectivity index (χ3n) is 2.44. The zero-order valence-electron chi connectivity index (χ0n) is 8.71. The minimum absolute atomic E-state index is 0.0219. The maximum atomic E-state index is 10.7. The van der Waals surface area contributed by atoms with Gasteiger partial charge in [0.15, 0.2) is 0 Å². The number of fused-ring (bicyclic) bond motifs is 1. The van der Waals surface area contributed by atoms with Gasteiger partial charge in [-0.05, 0) is 23.4 Å². The molecule has 0 fully saturated rings. The van der Waals surface area contributed by atoms with Crippen LogP contribution in [0.25, 0.3) is 10.9 Å². The van der Waals surface area contributed by atoms with E-state index in [9.17, 15) is 4.79 Å². The summed E-state index contributed by atoms with van der Waals surface area (Å²) in [7, 11) is 0. The summed E-state index contributed by atoms with van der Waals surface area (Å²) in [4.78, 5) is 13.9. The van der Waals surface area contributed by atoms with E-state index in [0.717, 1.165) is 6.42 Å². The van der Waals surface area contributed by atoms with Gasteiger partial charge in [0.2, 0.25) is 5.91 Å². The van der Waals surface area contributed by atoms with Crippen LogP contribution in [0.15, 0.2) is 30.5 Å². The Morgan fingerprint density at radius 1 is 1.40 bits per heavy atom. The van der Waals surface area contributed by atoms with E-state index in [2.05, 4.69) is 28.5 Å². The summed E-state index contributed by atoms with van der Waals surface area (Å²) >= 11 is 0. The standard InChI is InChI=1S/C12H14N2O/c1-9(15)13-7-5-10-3-2-4-11-6-8-14-12(10)11/h2-4,6,8,14H,5,7H2,1H3,(H,13,15). The van der Waals surface area contributed by atoms with Crippen molar-refractivity contribution < 1.29 is 4.79 Å². The Balaban J connectivity index is 2.13. The highest BCUT2D eigenvalue weighted by atomic mass is 16.1. The number of nitrogens with one attached hydrogen (secondary N) is 2. The van der Waals surface area contributed by atoms with Crippen LogP contribution in [-0.4, -0.2) is 17.4 Å². The summed E-state index contributed by atoms with van der Waals surface area (Å²) in [6, 6.07) is 8.25. The quantitative estimate of drug-likeness (QED) is 0.783. The van der Waals surface area contributed by atoms with Gasteiger partial charge in [-0.15, -0.1) is 0 Å². The van der Waals surface area contributed by atoms with Gasteiger partial charge >= 0.3 is 0 Å². The molecular weight excluding hydrogens is 188 g/mol. The topological polar surface area (TPSA) is 44.9 Å². The zero-order chi connectivity index (χ0) is 10.7. The number of aromatic amines is 1. The fourth-order valence-electron chi connectivity index (χ4n) is 1.73. The summed E-state index contributed by atoms with van der Waals surface area (Å²) in [5.74, 6) is 0.0219. The van der Waals surface area contributed by atoms with Gasteiger partial charge in [0.05, 0.1) is 0 Å². The lowest BCUT2D eigenvalue weighted by Gasteiger charge is -2.03. The SMILES string of the molecule is CC(=O)NCCc1cccc2cc[nH]c12. The summed E-state index contributed by atoms with van der Waals surface area (Å²) in [5, 5.41) is 4.02. The second-order valence-electron chi connectivity index (χ2n) is 3.59. The highest BCUT2D eigenvalue weighted by Crippen LogP contribution is 2.16. The maximum absolute atomic E-state index is 10.7. The summed E-state index contributed by atoms with van der Waals surface area (Å²) in [5.41, 5.74) is 2.41. The number of H-pyrrole nitrogens is 1. The number of carbonyl (C=O) groups is 1. The van der Waals surface area contributed by atoms with Crippen molar-refractivity contribution in [2.75, 3.05) is 6.54 Å². The Morgan fingerprint density at radius 3 is 3.07 bits per heavy atom. The number of carbonyl (C=O) groups excluding carboxylic acids is 1. The van der Waals surface area contributed by atoms with E-state index in [4.69, 9.17) is 0 Å². The van der Waals surface area contributed by atoms with E-state index in [1.165, 1.54) is 23.4 Å². The Morgan fingerprint density at radius 2 is 2.27 bits per heavy atom. The molecule has 1 aromatic carbocycles. The number of hydrogen-bond acceptors (Lipinski definition) is 1. The molecule has 0 saturated carbocycles. The lowest BCUT2D eigenvalue weighted by molar-refractivity contribution is -0.118. The molecule has 2 N–H and O–H groups in total. The Bertz CT molecular complexity index is 473. The normalized spacial score (nSPS) is 10.5. The van der Waals surface area contributed by atoms with E-state index in [-0.39, 0.29) is 5.91 Å². The molecule has 0 aliphatic heterocycles. The smallest absolute Gasteiger partial charge is 0.216 e. The summed E-state index contributed by atoms with van der Waals surface area (Å²) in [6.45, 7) is 2.22. The first-order valence-corrected chi connectivity index (χ1v) is 5.07. The van der Waals surface area contributed by atoms with E-state index in [1.54, 1.807) is 0 Å². The van der Waals surface area contributed by atoms with Gasteiger partial charge in [0.1, 0.15) is 0 Å². The molecule has 1 heterocycles. The summed E-state index contributed by atoms with van der Waals surface area (Å²) < 4.78 is 0. The molecular formula is C12H14N2O. The van der Waals surface area contributed by atoms with Crippen molar-refractivity contribution in [1.29, 1.82) is 0 Å². The van der Waals surface area contributed by atoms with Gasteiger partial charge in [0, 0.05) is 25.2 Å². The number of amides is 1. The number of aromatic nitrogens is 1. The van der Waals surface area contributed by atoms with Crippen LogP contribution in [0.1, 0.15) is 12.5 Å². The highest BCUT2D eigenvalue weighted by Gasteiger charge is 2.01. The molecule has 0 bridgehead atoms. The number of para-hydroxylation sites is 1. The molecule has 2 aromatic rings. The van der Waals surface area contributed by atoms with Crippen molar-refractivity contribution in [1.82, 2.24) is 10.3 Å². The van der Waals surface area contributed by atoms with E-state index in [0.29, 0.717) is 6.54 Å². The molecule has 2 rings (SSSR count). The molecule has 3 nitrogen and oxygen atoms in total. The van der Waals surface area contributed by atoms with Crippen molar-refractivity contribution in [3.63, 3.8) is 0 Å². The third-order valence-corrected chi connectivity index (χ3v) is 2.44. The Hall–Kier alpha value is -1.77. The highest BCUT2D eigenvalue weighted by molar-refractivity contribution is 5.82. The summed E-state index contributed by atoms with van der Waals surface area (Å²) in [6.07, 6.45) is 2.80. The van der Waals surface area contributed by atoms with Crippen LogP contribution in [0.2, 0.25) is 0 Å². The van der Waals surface area contributed by atoms with E-state index < -0.39 is 0 Å². The first-order valence-electron chi connectivity index (χ1n) is 5.07. The van der Waals surface area contributed by atoms with Gasteiger partial charge in [-0.1, -0.05) is 18.2 Å². The molecule has 0 aliphatic rings. The molecule has 0 radical (unpaired) electrons. The van der Waals surface area contributed by atoms with Crippen molar-refractivity contribution in [3.8, 4) is 0 Å².